The average molecular weight is 558 g/mol. The number of aliphatic hydroxyl groups excluding tert-OH is 1. The molecule has 1 aromatic carbocycles. The average Bonchev–Trinajstić information content (AvgIpc) is 3.20. The van der Waals surface area contributed by atoms with Crippen molar-refractivity contribution in [1.82, 2.24) is 25.4 Å². The van der Waals surface area contributed by atoms with Crippen LogP contribution in [-0.4, -0.2) is 58.7 Å². The zero-order chi connectivity index (χ0) is 22.2. The van der Waals surface area contributed by atoms with Gasteiger partial charge in [0.1, 0.15) is 12.4 Å². The molecule has 0 radical (unpaired) electrons. The smallest absolute Gasteiger partial charge is 0.191 e. The second kappa shape index (κ2) is 12.8. The summed E-state index contributed by atoms with van der Waals surface area (Å²) in [4.78, 5) is 9.41. The zero-order valence-corrected chi connectivity index (χ0v) is 21.6. The summed E-state index contributed by atoms with van der Waals surface area (Å²) in [6, 6.07) is 5.96. The van der Waals surface area contributed by atoms with Gasteiger partial charge in [-0.3, -0.25) is 0 Å². The van der Waals surface area contributed by atoms with Gasteiger partial charge in [0.05, 0.1) is 26.8 Å². The number of rotatable bonds is 9. The molecule has 0 spiro atoms. The van der Waals surface area contributed by atoms with E-state index >= 15 is 0 Å². The van der Waals surface area contributed by atoms with Crippen LogP contribution in [0.5, 0.6) is 11.5 Å². The van der Waals surface area contributed by atoms with Crippen LogP contribution < -0.4 is 20.1 Å². The molecule has 3 N–H and O–H groups in total. The topological polar surface area (TPSA) is 106 Å². The molecule has 0 amide bonds. The first-order valence-electron chi connectivity index (χ1n) is 10.9. The first-order chi connectivity index (χ1) is 15.0. The Balaban J connectivity index is 0.00000363. The fraction of sp³-hybridized carbons (Fsp3) is 0.591. The van der Waals surface area contributed by atoms with Gasteiger partial charge in [-0.2, -0.15) is 5.10 Å². The summed E-state index contributed by atoms with van der Waals surface area (Å²) >= 11 is 0. The maximum atomic E-state index is 8.95. The highest BCUT2D eigenvalue weighted by Crippen LogP contribution is 2.28. The normalized spacial score (nSPS) is 15.7. The van der Waals surface area contributed by atoms with Gasteiger partial charge in [-0.1, -0.05) is 19.9 Å². The third-order valence-electron chi connectivity index (χ3n) is 5.07. The highest BCUT2D eigenvalue weighted by Gasteiger charge is 2.23. The number of ether oxygens (including phenoxy) is 2. The van der Waals surface area contributed by atoms with E-state index in [0.29, 0.717) is 24.0 Å². The van der Waals surface area contributed by atoms with E-state index in [9.17, 15) is 0 Å². The number of methoxy groups -OCH3 is 1. The summed E-state index contributed by atoms with van der Waals surface area (Å²) in [6.07, 6.45) is 1.90. The highest BCUT2D eigenvalue weighted by molar-refractivity contribution is 14.0. The monoisotopic (exact) mass is 558 g/mol. The number of nitrogens with zero attached hydrogens (tertiary/aromatic N) is 4. The van der Waals surface area contributed by atoms with Gasteiger partial charge in [0.2, 0.25) is 0 Å². The molecule has 0 bridgehead atoms. The molecular weight excluding hydrogens is 523 g/mol. The molecule has 0 fully saturated rings. The summed E-state index contributed by atoms with van der Waals surface area (Å²) in [7, 11) is 1.60. The fourth-order valence-corrected chi connectivity index (χ4v) is 3.46. The number of aromatic nitrogens is 3. The van der Waals surface area contributed by atoms with Crippen molar-refractivity contribution in [3.8, 4) is 11.5 Å². The van der Waals surface area contributed by atoms with E-state index in [2.05, 4.69) is 41.5 Å². The van der Waals surface area contributed by atoms with Crippen LogP contribution in [0.2, 0.25) is 0 Å². The number of nitrogens with one attached hydrogen (secondary N) is 2. The molecule has 0 aliphatic carbocycles. The number of aliphatic imine (C=N–C) groups is 1. The fourth-order valence-electron chi connectivity index (χ4n) is 3.46. The maximum absolute atomic E-state index is 8.95. The second-order valence-electron chi connectivity index (χ2n) is 7.86. The van der Waals surface area contributed by atoms with Gasteiger partial charge in [-0.25, -0.2) is 14.7 Å². The third-order valence-corrected chi connectivity index (χ3v) is 5.07. The molecule has 0 saturated heterocycles. The molecular formula is C22H35IN6O3. The Kier molecular flexibility index (Phi) is 10.5. The molecule has 9 nitrogen and oxygen atoms in total. The Morgan fingerprint density at radius 3 is 2.84 bits per heavy atom. The molecule has 1 aliphatic heterocycles. The molecule has 178 valence electrons. The number of hydrogen-bond donors (Lipinski definition) is 3. The van der Waals surface area contributed by atoms with Gasteiger partial charge >= 0.3 is 0 Å². The summed E-state index contributed by atoms with van der Waals surface area (Å²) < 4.78 is 12.9. The molecule has 1 aliphatic rings. The van der Waals surface area contributed by atoms with Gasteiger partial charge in [0.25, 0.3) is 0 Å². The minimum Gasteiger partial charge on any atom is -0.493 e. The Bertz CT molecular complexity index is 887. The van der Waals surface area contributed by atoms with Crippen molar-refractivity contribution in [3.05, 3.63) is 35.4 Å². The summed E-state index contributed by atoms with van der Waals surface area (Å²) in [5.74, 6) is 4.34. The molecule has 3 rings (SSSR count). The standard InChI is InChI=1S/C22H34N6O3.HI/c1-5-23-22(24-13-16-6-8-18(31-11-10-29)19(12-16)30-4)25-17-7-9-20-26-21(15(2)3)27-28(20)14-17;/h6,8,12,15,17,29H,5,7,9-11,13-14H2,1-4H3,(H2,23,24,25);1H. The van der Waals surface area contributed by atoms with E-state index < -0.39 is 0 Å². The lowest BCUT2D eigenvalue weighted by Gasteiger charge is -2.25. The van der Waals surface area contributed by atoms with Crippen LogP contribution in [0.25, 0.3) is 0 Å². The predicted molar refractivity (Wildman–Crippen MR) is 135 cm³/mol. The summed E-state index contributed by atoms with van der Waals surface area (Å²) in [5.41, 5.74) is 1.01. The number of guanidine groups is 1. The van der Waals surface area contributed by atoms with Crippen molar-refractivity contribution in [2.24, 2.45) is 4.99 Å². The molecule has 10 heteroatoms. The summed E-state index contributed by atoms with van der Waals surface area (Å²) in [6.45, 7) is 8.55. The van der Waals surface area contributed by atoms with Gasteiger partial charge in [-0.15, -0.1) is 24.0 Å². The third kappa shape index (κ3) is 6.96. The van der Waals surface area contributed by atoms with Crippen molar-refractivity contribution in [2.45, 2.75) is 58.7 Å². The van der Waals surface area contributed by atoms with Crippen molar-refractivity contribution < 1.29 is 14.6 Å². The molecule has 1 unspecified atom stereocenters. The highest BCUT2D eigenvalue weighted by atomic mass is 127. The van der Waals surface area contributed by atoms with Crippen LogP contribution in [-0.2, 0) is 19.5 Å². The van der Waals surface area contributed by atoms with Gasteiger partial charge in [0.15, 0.2) is 23.3 Å². The lowest BCUT2D eigenvalue weighted by molar-refractivity contribution is 0.196. The number of benzene rings is 1. The molecule has 1 aromatic heterocycles. The molecule has 32 heavy (non-hydrogen) atoms. The van der Waals surface area contributed by atoms with E-state index in [0.717, 1.165) is 49.1 Å². The lowest BCUT2D eigenvalue weighted by atomic mass is 10.1. The summed E-state index contributed by atoms with van der Waals surface area (Å²) in [5, 5.41) is 20.5. The van der Waals surface area contributed by atoms with E-state index in [-0.39, 0.29) is 43.2 Å². The van der Waals surface area contributed by atoms with Crippen LogP contribution in [0, 0.1) is 0 Å². The molecule has 2 heterocycles. The minimum absolute atomic E-state index is 0. The maximum Gasteiger partial charge on any atom is 0.191 e. The molecule has 0 saturated carbocycles. The molecule has 2 aromatic rings. The largest absolute Gasteiger partial charge is 0.493 e. The van der Waals surface area contributed by atoms with Crippen molar-refractivity contribution in [1.29, 1.82) is 0 Å². The quantitative estimate of drug-likeness (QED) is 0.247. The Morgan fingerprint density at radius 1 is 1.34 bits per heavy atom. The van der Waals surface area contributed by atoms with E-state index in [1.165, 1.54) is 0 Å². The van der Waals surface area contributed by atoms with E-state index in [1.54, 1.807) is 7.11 Å². The van der Waals surface area contributed by atoms with Crippen LogP contribution in [0.4, 0.5) is 0 Å². The number of aryl methyl sites for hydroxylation is 1. The Hall–Kier alpha value is -2.08. The van der Waals surface area contributed by atoms with E-state index in [4.69, 9.17) is 19.6 Å². The van der Waals surface area contributed by atoms with E-state index in [1.807, 2.05) is 22.9 Å². The Morgan fingerprint density at radius 2 is 2.16 bits per heavy atom. The lowest BCUT2D eigenvalue weighted by Crippen LogP contribution is -2.47. The predicted octanol–water partition coefficient (Wildman–Crippen LogP) is 2.47. The van der Waals surface area contributed by atoms with Crippen LogP contribution in [0.1, 0.15) is 50.3 Å². The zero-order valence-electron chi connectivity index (χ0n) is 19.3. The minimum atomic E-state index is -0.0387. The SMILES string of the molecule is CCNC(=NCc1ccc(OCCO)c(OC)c1)NC1CCc2nc(C(C)C)nn2C1.I. The van der Waals surface area contributed by atoms with Gasteiger partial charge in [-0.05, 0) is 31.0 Å². The first kappa shape index (κ1) is 26.2. The number of halogens is 1. The van der Waals surface area contributed by atoms with Gasteiger partial charge < -0.3 is 25.2 Å². The van der Waals surface area contributed by atoms with Crippen LogP contribution in [0.3, 0.4) is 0 Å². The second-order valence-corrected chi connectivity index (χ2v) is 7.86. The van der Waals surface area contributed by atoms with Crippen molar-refractivity contribution in [3.63, 3.8) is 0 Å². The number of hydrogen-bond acceptors (Lipinski definition) is 6. The van der Waals surface area contributed by atoms with Gasteiger partial charge in [0, 0.05) is 24.9 Å². The van der Waals surface area contributed by atoms with Crippen LogP contribution in [0.15, 0.2) is 23.2 Å². The van der Waals surface area contributed by atoms with Crippen molar-refractivity contribution in [2.75, 3.05) is 26.9 Å². The van der Waals surface area contributed by atoms with Crippen LogP contribution >= 0.6 is 24.0 Å². The van der Waals surface area contributed by atoms with Crippen molar-refractivity contribution >= 4 is 29.9 Å². The number of aliphatic hydroxyl groups is 1. The first-order valence-corrected chi connectivity index (χ1v) is 10.9. The Labute approximate surface area is 207 Å². The number of fused-ring (bicyclic) bond motifs is 1. The molecule has 1 atom stereocenters.